The van der Waals surface area contributed by atoms with Gasteiger partial charge in [-0.15, -0.1) is 0 Å². The second-order valence-corrected chi connectivity index (χ2v) is 8.58. The molecule has 2 aromatic heterocycles. The molecule has 0 radical (unpaired) electrons. The zero-order chi connectivity index (χ0) is 22.9. The van der Waals surface area contributed by atoms with Crippen LogP contribution in [-0.2, 0) is 7.05 Å². The molecule has 0 saturated carbocycles. The van der Waals surface area contributed by atoms with Crippen LogP contribution < -0.4 is 20.1 Å². The molecule has 2 saturated heterocycles. The molecule has 2 aliphatic rings. The van der Waals surface area contributed by atoms with Gasteiger partial charge < -0.3 is 24.0 Å². The van der Waals surface area contributed by atoms with E-state index in [4.69, 9.17) is 4.74 Å². The van der Waals surface area contributed by atoms with E-state index in [2.05, 4.69) is 38.0 Å². The highest BCUT2D eigenvalue weighted by Crippen LogP contribution is 2.30. The lowest BCUT2D eigenvalue weighted by Gasteiger charge is -2.36. The van der Waals surface area contributed by atoms with Gasteiger partial charge >= 0.3 is 0 Å². The van der Waals surface area contributed by atoms with Crippen molar-refractivity contribution in [1.82, 2.24) is 19.4 Å². The van der Waals surface area contributed by atoms with Gasteiger partial charge in [-0.2, -0.15) is 0 Å². The van der Waals surface area contributed by atoms with E-state index >= 15 is 0 Å². The summed E-state index contributed by atoms with van der Waals surface area (Å²) in [5.74, 6) is 1.20. The molecule has 0 N–H and O–H groups in total. The highest BCUT2D eigenvalue weighted by molar-refractivity contribution is 5.97. The number of ether oxygens (including phenoxy) is 1. The second-order valence-electron chi connectivity index (χ2n) is 8.58. The average Bonchev–Trinajstić information content (AvgIpc) is 3.39. The van der Waals surface area contributed by atoms with Crippen LogP contribution in [0.3, 0.4) is 0 Å². The molecule has 4 heterocycles. The third kappa shape index (κ3) is 3.99. The third-order valence-corrected chi connectivity index (χ3v) is 6.58. The van der Waals surface area contributed by atoms with Crippen LogP contribution in [0.4, 0.5) is 11.5 Å². The number of fused-ring (bicyclic) bond motifs is 1. The van der Waals surface area contributed by atoms with E-state index in [9.17, 15) is 9.59 Å². The number of carbonyl (C=O) groups excluding carboxylic acids is 1. The fourth-order valence-corrected chi connectivity index (χ4v) is 4.69. The van der Waals surface area contributed by atoms with Crippen molar-refractivity contribution in [3.8, 4) is 5.75 Å². The summed E-state index contributed by atoms with van der Waals surface area (Å²) in [5.41, 5.74) is 2.27. The molecule has 9 nitrogen and oxygen atoms in total. The van der Waals surface area contributed by atoms with Crippen molar-refractivity contribution in [2.75, 3.05) is 56.2 Å². The highest BCUT2D eigenvalue weighted by atomic mass is 16.5. The van der Waals surface area contributed by atoms with Crippen LogP contribution in [0.1, 0.15) is 23.2 Å². The van der Waals surface area contributed by atoms with E-state index in [-0.39, 0.29) is 11.5 Å². The first-order chi connectivity index (χ1) is 16.0. The largest absolute Gasteiger partial charge is 0.496 e. The summed E-state index contributed by atoms with van der Waals surface area (Å²) in [6.45, 7) is 4.69. The molecule has 0 bridgehead atoms. The Morgan fingerprint density at radius 2 is 1.73 bits per heavy atom. The van der Waals surface area contributed by atoms with Gasteiger partial charge in [0.05, 0.1) is 18.2 Å². The summed E-state index contributed by atoms with van der Waals surface area (Å²) in [5, 5.41) is 1.07. The number of nitrogens with zero attached hydrogens (tertiary/aromatic N) is 6. The number of methoxy groups -OCH3 is 1. The summed E-state index contributed by atoms with van der Waals surface area (Å²) in [7, 11) is 3.11. The van der Waals surface area contributed by atoms with Gasteiger partial charge in [0, 0.05) is 69.7 Å². The average molecular weight is 449 g/mol. The van der Waals surface area contributed by atoms with Crippen molar-refractivity contribution in [3.05, 3.63) is 52.7 Å². The number of rotatable bonds is 4. The van der Waals surface area contributed by atoms with Gasteiger partial charge in [0.1, 0.15) is 17.9 Å². The first kappa shape index (κ1) is 21.2. The SMILES string of the molecule is COc1cc(=O)n(C)cc1C(=O)N1CCN(c2ccc3ncnc(N4CCCC4)c3c2)CC1. The minimum absolute atomic E-state index is 0.120. The van der Waals surface area contributed by atoms with Gasteiger partial charge in [-0.05, 0) is 31.0 Å². The van der Waals surface area contributed by atoms with Crippen molar-refractivity contribution in [2.24, 2.45) is 7.05 Å². The van der Waals surface area contributed by atoms with Crippen LogP contribution in [0.5, 0.6) is 5.75 Å². The summed E-state index contributed by atoms with van der Waals surface area (Å²) in [6, 6.07) is 7.68. The van der Waals surface area contributed by atoms with Crippen molar-refractivity contribution < 1.29 is 9.53 Å². The standard InChI is InChI=1S/C24H28N6O3/c1-27-15-19(21(33-2)14-22(27)31)24(32)30-11-9-28(10-12-30)17-5-6-20-18(13-17)23(26-16-25-20)29-7-3-4-8-29/h5-6,13-16H,3-4,7-12H2,1-2H3. The van der Waals surface area contributed by atoms with Gasteiger partial charge in [0.15, 0.2) is 0 Å². The maximum absolute atomic E-state index is 13.1. The number of aromatic nitrogens is 3. The Morgan fingerprint density at radius 3 is 2.45 bits per heavy atom. The van der Waals surface area contributed by atoms with Gasteiger partial charge in [-0.1, -0.05) is 0 Å². The fourth-order valence-electron chi connectivity index (χ4n) is 4.69. The van der Waals surface area contributed by atoms with E-state index in [1.165, 1.54) is 30.6 Å². The first-order valence-electron chi connectivity index (χ1n) is 11.3. The Balaban J connectivity index is 1.34. The van der Waals surface area contributed by atoms with E-state index in [1.54, 1.807) is 19.6 Å². The van der Waals surface area contributed by atoms with E-state index in [0.717, 1.165) is 48.6 Å². The predicted molar refractivity (Wildman–Crippen MR) is 127 cm³/mol. The summed E-state index contributed by atoms with van der Waals surface area (Å²) < 4.78 is 6.69. The molecule has 0 atom stereocenters. The molecular weight excluding hydrogens is 420 g/mol. The maximum Gasteiger partial charge on any atom is 0.259 e. The van der Waals surface area contributed by atoms with Crippen molar-refractivity contribution in [1.29, 1.82) is 0 Å². The molecule has 0 aliphatic carbocycles. The Morgan fingerprint density at radius 1 is 0.970 bits per heavy atom. The Labute approximate surface area is 192 Å². The van der Waals surface area contributed by atoms with Crippen LogP contribution in [0.2, 0.25) is 0 Å². The lowest BCUT2D eigenvalue weighted by Crippen LogP contribution is -2.49. The second kappa shape index (κ2) is 8.73. The predicted octanol–water partition coefficient (Wildman–Crippen LogP) is 1.90. The lowest BCUT2D eigenvalue weighted by atomic mass is 10.1. The lowest BCUT2D eigenvalue weighted by molar-refractivity contribution is 0.0742. The third-order valence-electron chi connectivity index (χ3n) is 6.58. The molecule has 172 valence electrons. The molecule has 3 aromatic rings. The summed E-state index contributed by atoms with van der Waals surface area (Å²) in [6.07, 6.45) is 5.59. The van der Waals surface area contributed by atoms with Crippen LogP contribution in [0.15, 0.2) is 41.6 Å². The minimum Gasteiger partial charge on any atom is -0.496 e. The Kier molecular flexibility index (Phi) is 5.62. The Hall–Kier alpha value is -3.62. The number of hydrogen-bond donors (Lipinski definition) is 0. The zero-order valence-electron chi connectivity index (χ0n) is 19.0. The number of benzene rings is 1. The monoisotopic (exact) mass is 448 g/mol. The van der Waals surface area contributed by atoms with E-state index in [0.29, 0.717) is 24.4 Å². The molecule has 1 aromatic carbocycles. The molecule has 2 aliphatic heterocycles. The minimum atomic E-state index is -0.207. The Bertz CT molecular complexity index is 1240. The quantitative estimate of drug-likeness (QED) is 0.603. The topological polar surface area (TPSA) is 83.8 Å². The zero-order valence-corrected chi connectivity index (χ0v) is 19.0. The van der Waals surface area contributed by atoms with Gasteiger partial charge in [0.25, 0.3) is 11.5 Å². The van der Waals surface area contributed by atoms with E-state index < -0.39 is 0 Å². The summed E-state index contributed by atoms with van der Waals surface area (Å²) in [4.78, 5) is 40.5. The number of aryl methyl sites for hydroxylation is 1. The number of amides is 1. The van der Waals surface area contributed by atoms with Crippen molar-refractivity contribution in [3.63, 3.8) is 0 Å². The van der Waals surface area contributed by atoms with Crippen LogP contribution in [0.25, 0.3) is 10.9 Å². The van der Waals surface area contributed by atoms with Crippen molar-refractivity contribution >= 4 is 28.3 Å². The highest BCUT2D eigenvalue weighted by Gasteiger charge is 2.26. The van der Waals surface area contributed by atoms with Gasteiger partial charge in [-0.25, -0.2) is 9.97 Å². The molecule has 1 amide bonds. The van der Waals surface area contributed by atoms with E-state index in [1.807, 2.05) is 4.90 Å². The fraction of sp³-hybridized carbons (Fsp3) is 0.417. The number of hydrogen-bond acceptors (Lipinski definition) is 7. The van der Waals surface area contributed by atoms with Crippen molar-refractivity contribution in [2.45, 2.75) is 12.8 Å². The molecule has 0 unspecified atom stereocenters. The molecule has 0 spiro atoms. The molecule has 5 rings (SSSR count). The summed E-state index contributed by atoms with van der Waals surface area (Å²) >= 11 is 0. The molecule has 9 heteroatoms. The normalized spacial score (nSPS) is 16.5. The van der Waals surface area contributed by atoms with Crippen LogP contribution >= 0.6 is 0 Å². The number of anilines is 2. The molecule has 33 heavy (non-hydrogen) atoms. The van der Waals surface area contributed by atoms with Crippen LogP contribution in [-0.4, -0.2) is 71.7 Å². The maximum atomic E-state index is 13.1. The number of pyridine rings is 1. The molecular formula is C24H28N6O3. The van der Waals surface area contributed by atoms with Gasteiger partial charge in [0.2, 0.25) is 0 Å². The first-order valence-corrected chi connectivity index (χ1v) is 11.3. The number of piperazine rings is 1. The smallest absolute Gasteiger partial charge is 0.259 e. The van der Waals surface area contributed by atoms with Gasteiger partial charge in [-0.3, -0.25) is 9.59 Å². The van der Waals surface area contributed by atoms with Crippen LogP contribution in [0, 0.1) is 0 Å². The molecule has 2 fully saturated rings. The number of carbonyl (C=O) groups is 1.